The van der Waals surface area contributed by atoms with Crippen LogP contribution in [0.15, 0.2) is 18.5 Å². The molecule has 3 rings (SSSR count). The van der Waals surface area contributed by atoms with Crippen LogP contribution in [0.4, 0.5) is 4.79 Å². The third-order valence-corrected chi connectivity index (χ3v) is 4.34. The molecule has 0 saturated carbocycles. The lowest BCUT2D eigenvalue weighted by Gasteiger charge is -2.23. The van der Waals surface area contributed by atoms with Gasteiger partial charge in [-0.25, -0.2) is 14.5 Å². The van der Waals surface area contributed by atoms with Gasteiger partial charge in [-0.05, 0) is 58.1 Å². The van der Waals surface area contributed by atoms with E-state index in [2.05, 4.69) is 15.4 Å². The number of pyridine rings is 1. The topological polar surface area (TPSA) is 98.5 Å². The smallest absolute Gasteiger partial charge is 0.407 e. The first-order valence-corrected chi connectivity index (χ1v) is 9.40. The zero-order valence-corrected chi connectivity index (χ0v) is 16.1. The van der Waals surface area contributed by atoms with Crippen LogP contribution in [0, 0.1) is 0 Å². The van der Waals surface area contributed by atoms with Gasteiger partial charge in [-0.15, -0.1) is 0 Å². The number of aromatic nitrogens is 3. The molecule has 1 aliphatic heterocycles. The highest BCUT2D eigenvalue weighted by Crippen LogP contribution is 2.25. The lowest BCUT2D eigenvalue weighted by atomic mass is 10.1. The minimum absolute atomic E-state index is 0.0615. The standard InChI is InChI=1S/C19H28N4O4/c1-19(2,3)27-18(25)22-15(12-24)9-13-8-14-11-21-23(17(14)20-10-13)16-6-4-5-7-26-16/h8,10-11,15-16,24H,4-7,9,12H2,1-3H3,(H,22,25)/t15-,16?/m0/s1. The fourth-order valence-electron chi connectivity index (χ4n) is 3.14. The van der Waals surface area contributed by atoms with E-state index < -0.39 is 17.7 Å². The molecule has 8 heteroatoms. The molecular formula is C19H28N4O4. The molecule has 1 saturated heterocycles. The van der Waals surface area contributed by atoms with Gasteiger partial charge in [-0.2, -0.15) is 5.10 Å². The predicted molar refractivity (Wildman–Crippen MR) is 100 cm³/mol. The molecule has 2 aromatic rings. The molecule has 0 bridgehead atoms. The lowest BCUT2D eigenvalue weighted by molar-refractivity contribution is -0.0370. The minimum Gasteiger partial charge on any atom is -0.444 e. The van der Waals surface area contributed by atoms with Crippen molar-refractivity contribution >= 4 is 17.1 Å². The molecule has 2 N–H and O–H groups in total. The van der Waals surface area contributed by atoms with E-state index in [1.54, 1.807) is 33.2 Å². The van der Waals surface area contributed by atoms with Crippen LogP contribution in [0.2, 0.25) is 0 Å². The fraction of sp³-hybridized carbons (Fsp3) is 0.632. The quantitative estimate of drug-likeness (QED) is 0.832. The number of nitrogens with one attached hydrogen (secondary N) is 1. The Morgan fingerprint density at radius 1 is 1.44 bits per heavy atom. The van der Waals surface area contributed by atoms with Crippen LogP contribution in [-0.4, -0.2) is 50.8 Å². The highest BCUT2D eigenvalue weighted by Gasteiger charge is 2.21. The number of carbonyl (C=O) groups is 1. The third-order valence-electron chi connectivity index (χ3n) is 4.34. The summed E-state index contributed by atoms with van der Waals surface area (Å²) in [4.78, 5) is 16.5. The number of alkyl carbamates (subject to hydrolysis) is 1. The second kappa shape index (κ2) is 8.22. The second-order valence-corrected chi connectivity index (χ2v) is 7.90. The number of aliphatic hydroxyl groups excluding tert-OH is 1. The van der Waals surface area contributed by atoms with Crippen LogP contribution in [0.5, 0.6) is 0 Å². The van der Waals surface area contributed by atoms with Gasteiger partial charge in [0.15, 0.2) is 11.9 Å². The monoisotopic (exact) mass is 376 g/mol. The molecule has 0 aromatic carbocycles. The Bertz CT molecular complexity index is 778. The summed E-state index contributed by atoms with van der Waals surface area (Å²) in [6.07, 6.45) is 6.52. The highest BCUT2D eigenvalue weighted by atomic mass is 16.6. The third kappa shape index (κ3) is 5.17. The molecule has 0 spiro atoms. The summed E-state index contributed by atoms with van der Waals surface area (Å²) in [5, 5.41) is 17.6. The van der Waals surface area contributed by atoms with Gasteiger partial charge >= 0.3 is 6.09 Å². The van der Waals surface area contributed by atoms with E-state index in [-0.39, 0.29) is 12.8 Å². The zero-order chi connectivity index (χ0) is 19.4. The summed E-state index contributed by atoms with van der Waals surface area (Å²) < 4.78 is 12.9. The van der Waals surface area contributed by atoms with E-state index in [4.69, 9.17) is 9.47 Å². The Morgan fingerprint density at radius 3 is 2.93 bits per heavy atom. The van der Waals surface area contributed by atoms with E-state index in [9.17, 15) is 9.90 Å². The summed E-state index contributed by atoms with van der Waals surface area (Å²) in [5.74, 6) is 0. The number of amides is 1. The zero-order valence-electron chi connectivity index (χ0n) is 16.1. The Balaban J connectivity index is 1.68. The molecule has 3 heterocycles. The van der Waals surface area contributed by atoms with Crippen molar-refractivity contribution in [1.29, 1.82) is 0 Å². The molecule has 0 aliphatic carbocycles. The maximum Gasteiger partial charge on any atom is 0.407 e. The van der Waals surface area contributed by atoms with Crippen LogP contribution >= 0.6 is 0 Å². The summed E-state index contributed by atoms with van der Waals surface area (Å²) >= 11 is 0. The maximum absolute atomic E-state index is 11.9. The SMILES string of the molecule is CC(C)(C)OC(=O)N[C@H](CO)Cc1cnc2c(cnn2C2CCCCO2)c1. The normalized spacial score (nSPS) is 19.0. The number of aliphatic hydroxyl groups is 1. The van der Waals surface area contributed by atoms with Gasteiger partial charge in [-0.1, -0.05) is 0 Å². The average molecular weight is 376 g/mol. The van der Waals surface area contributed by atoms with Gasteiger partial charge in [0, 0.05) is 18.2 Å². The number of ether oxygens (including phenoxy) is 2. The van der Waals surface area contributed by atoms with Gasteiger partial charge in [0.1, 0.15) is 5.60 Å². The molecule has 0 radical (unpaired) electrons. The molecule has 148 valence electrons. The Morgan fingerprint density at radius 2 is 2.26 bits per heavy atom. The van der Waals surface area contributed by atoms with E-state index in [0.717, 1.165) is 42.5 Å². The van der Waals surface area contributed by atoms with E-state index in [0.29, 0.717) is 6.42 Å². The average Bonchev–Trinajstić information content (AvgIpc) is 3.03. The van der Waals surface area contributed by atoms with Crippen LogP contribution < -0.4 is 5.32 Å². The van der Waals surface area contributed by atoms with Crippen LogP contribution in [-0.2, 0) is 15.9 Å². The van der Waals surface area contributed by atoms with E-state index in [1.807, 2.05) is 10.7 Å². The molecule has 2 atom stereocenters. The van der Waals surface area contributed by atoms with Gasteiger partial charge in [0.2, 0.25) is 0 Å². The predicted octanol–water partition coefficient (Wildman–Crippen LogP) is 2.56. The van der Waals surface area contributed by atoms with Gasteiger partial charge in [-0.3, -0.25) is 0 Å². The number of hydrogen-bond donors (Lipinski definition) is 2. The Labute approximate surface area is 158 Å². The van der Waals surface area contributed by atoms with E-state index in [1.165, 1.54) is 0 Å². The number of rotatable bonds is 5. The molecule has 1 unspecified atom stereocenters. The van der Waals surface area contributed by atoms with Crippen molar-refractivity contribution in [3.8, 4) is 0 Å². The van der Waals surface area contributed by atoms with Gasteiger partial charge in [0.25, 0.3) is 0 Å². The van der Waals surface area contributed by atoms with Crippen molar-refractivity contribution in [3.05, 3.63) is 24.0 Å². The molecular weight excluding hydrogens is 348 g/mol. The minimum atomic E-state index is -0.583. The largest absolute Gasteiger partial charge is 0.444 e. The maximum atomic E-state index is 11.9. The van der Waals surface area contributed by atoms with Crippen molar-refractivity contribution in [2.45, 2.75) is 64.3 Å². The number of carbonyl (C=O) groups excluding carboxylic acids is 1. The van der Waals surface area contributed by atoms with Gasteiger partial charge < -0.3 is 19.9 Å². The molecule has 8 nitrogen and oxygen atoms in total. The summed E-state index contributed by atoms with van der Waals surface area (Å²) in [6.45, 7) is 5.95. The molecule has 1 fully saturated rings. The lowest BCUT2D eigenvalue weighted by Crippen LogP contribution is -2.42. The number of nitrogens with zero attached hydrogens (tertiary/aromatic N) is 3. The van der Waals surface area contributed by atoms with Crippen LogP contribution in [0.1, 0.15) is 51.8 Å². The Kier molecular flexibility index (Phi) is 5.96. The van der Waals surface area contributed by atoms with Crippen molar-refractivity contribution in [2.75, 3.05) is 13.2 Å². The first-order valence-electron chi connectivity index (χ1n) is 9.40. The van der Waals surface area contributed by atoms with Crippen LogP contribution in [0.25, 0.3) is 11.0 Å². The second-order valence-electron chi connectivity index (χ2n) is 7.90. The summed E-state index contributed by atoms with van der Waals surface area (Å²) in [5.41, 5.74) is 1.10. The summed E-state index contributed by atoms with van der Waals surface area (Å²) in [6, 6.07) is 1.53. The number of hydrogen-bond acceptors (Lipinski definition) is 6. The van der Waals surface area contributed by atoms with Crippen molar-refractivity contribution in [3.63, 3.8) is 0 Å². The fourth-order valence-corrected chi connectivity index (χ4v) is 3.14. The van der Waals surface area contributed by atoms with Crippen LogP contribution in [0.3, 0.4) is 0 Å². The van der Waals surface area contributed by atoms with Crippen molar-refractivity contribution in [1.82, 2.24) is 20.1 Å². The molecule has 1 amide bonds. The highest BCUT2D eigenvalue weighted by molar-refractivity contribution is 5.75. The van der Waals surface area contributed by atoms with Crippen molar-refractivity contribution in [2.24, 2.45) is 0 Å². The van der Waals surface area contributed by atoms with Crippen molar-refractivity contribution < 1.29 is 19.4 Å². The first-order chi connectivity index (χ1) is 12.9. The van der Waals surface area contributed by atoms with E-state index >= 15 is 0 Å². The first kappa shape index (κ1) is 19.6. The Hall–Kier alpha value is -2.19. The number of fused-ring (bicyclic) bond motifs is 1. The summed E-state index contributed by atoms with van der Waals surface area (Å²) in [7, 11) is 0. The van der Waals surface area contributed by atoms with Gasteiger partial charge in [0.05, 0.1) is 18.8 Å². The molecule has 2 aromatic heterocycles. The molecule has 1 aliphatic rings. The molecule has 27 heavy (non-hydrogen) atoms.